The van der Waals surface area contributed by atoms with Crippen molar-refractivity contribution in [2.75, 3.05) is 38.2 Å². The van der Waals surface area contributed by atoms with E-state index in [2.05, 4.69) is 31.7 Å². The van der Waals surface area contributed by atoms with Crippen molar-refractivity contribution in [2.24, 2.45) is 0 Å². The van der Waals surface area contributed by atoms with E-state index in [9.17, 15) is 14.0 Å². The van der Waals surface area contributed by atoms with E-state index in [0.717, 1.165) is 5.82 Å². The lowest BCUT2D eigenvalue weighted by atomic mass is 10.0. The van der Waals surface area contributed by atoms with Crippen molar-refractivity contribution in [1.82, 2.24) is 9.88 Å². The zero-order valence-electron chi connectivity index (χ0n) is 19.8. The number of terminal acetylenes is 1. The maximum atomic E-state index is 14.8. The van der Waals surface area contributed by atoms with Crippen molar-refractivity contribution in [3.8, 4) is 18.1 Å². The van der Waals surface area contributed by atoms with Crippen LogP contribution in [0.25, 0.3) is 11.8 Å². The fraction of sp³-hybridized carbons (Fsp3) is 0.179. The van der Waals surface area contributed by atoms with Crippen LogP contribution in [0.5, 0.6) is 5.75 Å². The molecule has 0 saturated carbocycles. The smallest absolute Gasteiger partial charge is 0.344 e. The van der Waals surface area contributed by atoms with Crippen molar-refractivity contribution in [3.63, 3.8) is 0 Å². The van der Waals surface area contributed by atoms with E-state index in [1.807, 2.05) is 12.1 Å². The molecule has 3 heterocycles. The number of aromatic nitrogens is 1. The number of cyclic esters (lactones) is 1. The zero-order chi connectivity index (χ0) is 26.1. The van der Waals surface area contributed by atoms with Crippen LogP contribution in [0.4, 0.5) is 10.2 Å². The predicted octanol–water partition coefficient (Wildman–Crippen LogP) is 4.60. The summed E-state index contributed by atoms with van der Waals surface area (Å²) in [6, 6.07) is 11.3. The molecule has 0 unspecified atom stereocenters. The Morgan fingerprint density at radius 1 is 1.19 bits per heavy atom. The van der Waals surface area contributed by atoms with Crippen molar-refractivity contribution in [2.45, 2.75) is 0 Å². The molecule has 2 aromatic carbocycles. The minimum atomic E-state index is -0.620. The van der Waals surface area contributed by atoms with Gasteiger partial charge in [-0.2, -0.15) is 0 Å². The zero-order valence-corrected chi connectivity index (χ0v) is 21.4. The number of carbonyl (C=O) groups excluding carboxylic acids is 2. The molecular weight excluding hydrogens is 541 g/mol. The summed E-state index contributed by atoms with van der Waals surface area (Å²) in [7, 11) is 1.50. The molecule has 7 nitrogen and oxygen atoms in total. The van der Waals surface area contributed by atoms with Crippen LogP contribution >= 0.6 is 15.9 Å². The summed E-state index contributed by atoms with van der Waals surface area (Å²) < 4.78 is 26.3. The molecule has 1 aromatic heterocycles. The van der Waals surface area contributed by atoms with Crippen LogP contribution in [-0.4, -0.2) is 55.0 Å². The maximum Gasteiger partial charge on any atom is 0.344 e. The number of esters is 1. The number of rotatable bonds is 4. The quantitative estimate of drug-likeness (QED) is 0.342. The number of fused-ring (bicyclic) bond motifs is 1. The van der Waals surface area contributed by atoms with Crippen LogP contribution in [-0.2, 0) is 4.74 Å². The molecule has 9 heteroatoms. The number of anilines is 1. The standard InChI is InChI=1S/C28H21BrFN3O4/c1-3-17-5-9-24(31-16-17)32-10-12-33(13-11-32)27(34)20-14-18(4-8-22(20)30)15-23-25-19(28(35)37-23)6-7-21(29)26(25)36-2/h1,4-9,14-16H,10-13H2,2H3/b23-15-. The molecular formula is C28H21BrFN3O4. The molecule has 0 bridgehead atoms. The minimum Gasteiger partial charge on any atom is -0.495 e. The SMILES string of the molecule is C#Cc1ccc(N2CCN(C(=O)c3cc(/C=C4\OC(=O)c5ccc(Br)c(OC)c54)ccc3F)CC2)nc1. The number of hydrogen-bond donors (Lipinski definition) is 0. The molecule has 1 fully saturated rings. The van der Waals surface area contributed by atoms with E-state index < -0.39 is 17.7 Å². The van der Waals surface area contributed by atoms with Crippen molar-refractivity contribution in [1.29, 1.82) is 0 Å². The van der Waals surface area contributed by atoms with Crippen LogP contribution < -0.4 is 9.64 Å². The van der Waals surface area contributed by atoms with Gasteiger partial charge in [0.2, 0.25) is 0 Å². The largest absolute Gasteiger partial charge is 0.495 e. The molecule has 3 aromatic rings. The second kappa shape index (κ2) is 10.1. The third-order valence-electron chi connectivity index (χ3n) is 6.31. The Bertz CT molecular complexity index is 1470. The molecule has 0 atom stereocenters. The molecule has 0 spiro atoms. The summed E-state index contributed by atoms with van der Waals surface area (Å²) in [6.07, 6.45) is 8.62. The molecule has 5 rings (SSSR count). The first-order valence-electron chi connectivity index (χ1n) is 11.5. The Balaban J connectivity index is 1.36. The number of ether oxygens (including phenoxy) is 2. The first-order valence-corrected chi connectivity index (χ1v) is 12.3. The molecule has 2 aliphatic rings. The number of benzene rings is 2. The van der Waals surface area contributed by atoms with Gasteiger partial charge >= 0.3 is 5.97 Å². The molecule has 1 amide bonds. The van der Waals surface area contributed by atoms with E-state index in [0.29, 0.717) is 58.7 Å². The van der Waals surface area contributed by atoms with E-state index in [1.165, 1.54) is 25.3 Å². The highest BCUT2D eigenvalue weighted by Gasteiger charge is 2.31. The van der Waals surface area contributed by atoms with Crippen molar-refractivity contribution >= 4 is 45.5 Å². The minimum absolute atomic E-state index is 0.0509. The van der Waals surface area contributed by atoms with Crippen molar-refractivity contribution in [3.05, 3.63) is 86.8 Å². The van der Waals surface area contributed by atoms with Crippen LogP contribution in [0.1, 0.15) is 37.4 Å². The molecule has 0 radical (unpaired) electrons. The second-order valence-corrected chi connectivity index (χ2v) is 9.32. The Morgan fingerprint density at radius 2 is 1.97 bits per heavy atom. The summed E-state index contributed by atoms with van der Waals surface area (Å²) in [4.78, 5) is 33.7. The molecule has 186 valence electrons. The lowest BCUT2D eigenvalue weighted by molar-refractivity contribution is 0.0714. The lowest BCUT2D eigenvalue weighted by Crippen LogP contribution is -2.49. The van der Waals surface area contributed by atoms with Gasteiger partial charge < -0.3 is 19.3 Å². The Morgan fingerprint density at radius 3 is 2.65 bits per heavy atom. The van der Waals surface area contributed by atoms with Crippen LogP contribution in [0, 0.1) is 18.2 Å². The fourth-order valence-electron chi connectivity index (χ4n) is 4.39. The topological polar surface area (TPSA) is 72.0 Å². The summed E-state index contributed by atoms with van der Waals surface area (Å²) in [5.74, 6) is 2.50. The Labute approximate surface area is 221 Å². The third kappa shape index (κ3) is 4.68. The number of carbonyl (C=O) groups is 2. The molecule has 0 aliphatic carbocycles. The summed E-state index contributed by atoms with van der Waals surface area (Å²) in [5.41, 5.74) is 2.03. The van der Waals surface area contributed by atoms with Gasteiger partial charge in [-0.1, -0.05) is 12.0 Å². The van der Waals surface area contributed by atoms with E-state index in [-0.39, 0.29) is 11.3 Å². The lowest BCUT2D eigenvalue weighted by Gasteiger charge is -2.35. The van der Waals surface area contributed by atoms with Gasteiger partial charge in [-0.05, 0) is 64.0 Å². The molecule has 1 saturated heterocycles. The van der Waals surface area contributed by atoms with Crippen LogP contribution in [0.15, 0.2) is 53.1 Å². The summed E-state index contributed by atoms with van der Waals surface area (Å²) >= 11 is 3.42. The number of halogens is 2. The third-order valence-corrected chi connectivity index (χ3v) is 6.93. The van der Waals surface area contributed by atoms with E-state index >= 15 is 0 Å². The number of nitrogens with zero attached hydrogens (tertiary/aromatic N) is 3. The number of hydrogen-bond acceptors (Lipinski definition) is 6. The maximum absolute atomic E-state index is 14.8. The van der Waals surface area contributed by atoms with Gasteiger partial charge in [0.25, 0.3) is 5.91 Å². The number of pyridine rings is 1. The molecule has 2 aliphatic heterocycles. The Kier molecular flexibility index (Phi) is 6.68. The number of methoxy groups -OCH3 is 1. The monoisotopic (exact) mass is 561 g/mol. The summed E-state index contributed by atoms with van der Waals surface area (Å²) in [5, 5.41) is 0. The molecule has 0 N–H and O–H groups in total. The predicted molar refractivity (Wildman–Crippen MR) is 141 cm³/mol. The highest BCUT2D eigenvalue weighted by Crippen LogP contribution is 2.42. The summed E-state index contributed by atoms with van der Waals surface area (Å²) in [6.45, 7) is 1.94. The van der Waals surface area contributed by atoms with E-state index in [1.54, 1.807) is 29.3 Å². The number of piperazine rings is 1. The van der Waals surface area contributed by atoms with Crippen molar-refractivity contribution < 1.29 is 23.5 Å². The van der Waals surface area contributed by atoms with Crippen LogP contribution in [0.3, 0.4) is 0 Å². The number of amides is 1. The van der Waals surface area contributed by atoms with Gasteiger partial charge in [0.15, 0.2) is 0 Å². The molecule has 37 heavy (non-hydrogen) atoms. The van der Waals surface area contributed by atoms with Gasteiger partial charge in [-0.3, -0.25) is 4.79 Å². The van der Waals surface area contributed by atoms with Gasteiger partial charge in [0, 0.05) is 37.9 Å². The first kappa shape index (κ1) is 24.5. The second-order valence-electron chi connectivity index (χ2n) is 8.47. The van der Waals surface area contributed by atoms with Gasteiger partial charge in [-0.15, -0.1) is 6.42 Å². The average molecular weight is 562 g/mol. The van der Waals surface area contributed by atoms with Gasteiger partial charge in [0.1, 0.15) is 23.1 Å². The normalized spacial score (nSPS) is 15.8. The van der Waals surface area contributed by atoms with Gasteiger partial charge in [-0.25, -0.2) is 14.2 Å². The van der Waals surface area contributed by atoms with Gasteiger partial charge in [0.05, 0.1) is 28.3 Å². The van der Waals surface area contributed by atoms with E-state index in [4.69, 9.17) is 15.9 Å². The first-order chi connectivity index (χ1) is 17.9. The Hall–Kier alpha value is -4.16. The highest BCUT2D eigenvalue weighted by atomic mass is 79.9. The van der Waals surface area contributed by atoms with Crippen LogP contribution in [0.2, 0.25) is 0 Å². The fourth-order valence-corrected chi connectivity index (χ4v) is 4.89. The average Bonchev–Trinajstić information content (AvgIpc) is 3.24. The highest BCUT2D eigenvalue weighted by molar-refractivity contribution is 9.10.